The number of rotatable bonds is 20. The fraction of sp³-hybridized carbons (Fsp3) is 1.00. The fourth-order valence-electron chi connectivity index (χ4n) is 9.20. The molecule has 0 radical (unpaired) electrons. The third-order valence-corrected chi connectivity index (χ3v) is 14.3. The monoisotopic (exact) mass is 1150 g/mol. The second-order valence-electron chi connectivity index (χ2n) is 18.4. The van der Waals surface area contributed by atoms with Gasteiger partial charge in [-0.1, -0.05) is 0 Å². The van der Waals surface area contributed by atoms with Crippen molar-refractivity contribution in [1.82, 2.24) is 0 Å². The zero-order chi connectivity index (χ0) is 54.9. The Bertz CT molecular complexity index is 2110. The molecule has 16 N–H and O–H groups in total. The second kappa shape index (κ2) is 25.5. The molecule has 0 bridgehead atoms. The van der Waals surface area contributed by atoms with Crippen molar-refractivity contribution in [1.29, 1.82) is 0 Å². The molecule has 6 heterocycles. The smallest absolute Gasteiger partial charge is 0.390 e. The van der Waals surface area contributed by atoms with E-state index in [-0.39, 0.29) is 6.42 Å². The van der Waals surface area contributed by atoms with Crippen molar-refractivity contribution in [3.8, 4) is 0 Å². The van der Waals surface area contributed by atoms with Crippen molar-refractivity contribution < 1.29 is 144 Å². The molecule has 0 aromatic rings. The van der Waals surface area contributed by atoms with Gasteiger partial charge in [0, 0.05) is 26.4 Å². The van der Waals surface area contributed by atoms with Gasteiger partial charge in [0.2, 0.25) is 0 Å². The van der Waals surface area contributed by atoms with Crippen LogP contribution in [0.2, 0.25) is 0 Å². The maximum Gasteiger partial charge on any atom is 0.397 e. The van der Waals surface area contributed by atoms with Gasteiger partial charge in [0.15, 0.2) is 37.7 Å². The summed E-state index contributed by atoms with van der Waals surface area (Å²) in [6.07, 6.45) is -36.1. The molecular formula is C37H67N3O31S3. The summed E-state index contributed by atoms with van der Waals surface area (Å²) in [6, 6.07) is -4.32. The highest BCUT2D eigenvalue weighted by molar-refractivity contribution is 7.81. The molecule has 6 fully saturated rings. The Hall–Kier alpha value is -1.27. The highest BCUT2D eigenvalue weighted by Crippen LogP contribution is 2.36. The predicted octanol–water partition coefficient (Wildman–Crippen LogP) is -7.90. The number of methoxy groups -OCH3 is 1. The lowest BCUT2D eigenvalue weighted by Gasteiger charge is -2.49. The van der Waals surface area contributed by atoms with Crippen LogP contribution < -0.4 is 17.2 Å². The zero-order valence-corrected chi connectivity index (χ0v) is 42.3. The van der Waals surface area contributed by atoms with Crippen LogP contribution in [-0.4, -0.2) is 267 Å². The summed E-state index contributed by atoms with van der Waals surface area (Å²) in [5.41, 5.74) is 18.7. The van der Waals surface area contributed by atoms with Crippen LogP contribution in [0.5, 0.6) is 0 Å². The van der Waals surface area contributed by atoms with Gasteiger partial charge >= 0.3 is 31.2 Å². The molecule has 6 aliphatic heterocycles. The first-order chi connectivity index (χ1) is 34.3. The van der Waals surface area contributed by atoms with Gasteiger partial charge in [-0.25, -0.2) is 12.5 Å². The molecule has 434 valence electrons. The summed E-state index contributed by atoms with van der Waals surface area (Å²) in [4.78, 5) is 0. The quantitative estimate of drug-likeness (QED) is 0.0504. The molecule has 6 aliphatic rings. The molecular weight excluding hydrogens is 1080 g/mol. The van der Waals surface area contributed by atoms with E-state index in [9.17, 15) is 70.1 Å². The predicted molar refractivity (Wildman–Crippen MR) is 233 cm³/mol. The van der Waals surface area contributed by atoms with E-state index in [0.717, 1.165) is 0 Å². The van der Waals surface area contributed by atoms with Crippen molar-refractivity contribution >= 4 is 31.2 Å². The Morgan fingerprint density at radius 1 is 0.419 bits per heavy atom. The van der Waals surface area contributed by atoms with Crippen LogP contribution in [0, 0.1) is 0 Å². The molecule has 6 saturated heterocycles. The van der Waals surface area contributed by atoms with Crippen molar-refractivity contribution in [2.75, 3.05) is 26.9 Å². The third kappa shape index (κ3) is 16.0. The van der Waals surface area contributed by atoms with E-state index < -0.39 is 230 Å². The Morgan fingerprint density at radius 3 is 1.01 bits per heavy atom. The molecule has 0 saturated carbocycles. The average Bonchev–Trinajstić information content (AvgIpc) is 3.29. The maximum atomic E-state index is 11.7. The highest BCUT2D eigenvalue weighted by atomic mass is 32.3. The van der Waals surface area contributed by atoms with Crippen LogP contribution in [0.1, 0.15) is 40.0 Å². The van der Waals surface area contributed by atoms with Crippen molar-refractivity contribution in [3.05, 3.63) is 0 Å². The van der Waals surface area contributed by atoms with Crippen LogP contribution >= 0.6 is 0 Å². The lowest BCUT2D eigenvalue weighted by molar-refractivity contribution is -0.359. The van der Waals surface area contributed by atoms with Gasteiger partial charge in [0.05, 0.1) is 74.6 Å². The summed E-state index contributed by atoms with van der Waals surface area (Å²) in [6.45, 7) is 1.36. The van der Waals surface area contributed by atoms with Gasteiger partial charge in [-0.05, 0) is 20.8 Å². The fourth-order valence-corrected chi connectivity index (χ4v) is 10.1. The highest BCUT2D eigenvalue weighted by Gasteiger charge is 2.54. The van der Waals surface area contributed by atoms with E-state index >= 15 is 0 Å². The lowest BCUT2D eigenvalue weighted by Crippen LogP contribution is -2.67. The first kappa shape index (κ1) is 61.9. The summed E-state index contributed by atoms with van der Waals surface area (Å²) >= 11 is 0. The molecule has 0 aliphatic carbocycles. The summed E-state index contributed by atoms with van der Waals surface area (Å²) < 4.78 is 180. The van der Waals surface area contributed by atoms with Crippen LogP contribution in [0.3, 0.4) is 0 Å². The second-order valence-corrected chi connectivity index (χ2v) is 21.7. The molecule has 34 nitrogen and oxygen atoms in total. The molecule has 37 heteroatoms. The van der Waals surface area contributed by atoms with Crippen LogP contribution in [0.4, 0.5) is 0 Å². The molecule has 6 rings (SSSR count). The largest absolute Gasteiger partial charge is 0.397 e. The number of aliphatic hydroxyl groups is 7. The minimum atomic E-state index is -5.16. The van der Waals surface area contributed by atoms with E-state index in [0.29, 0.717) is 0 Å². The Labute approximate surface area is 424 Å². The Kier molecular flexibility index (Phi) is 21.3. The summed E-state index contributed by atoms with van der Waals surface area (Å²) in [7, 11) is -14.0. The normalized spacial score (nSPS) is 47.1. The lowest BCUT2D eigenvalue weighted by atomic mass is 9.95. The number of hydrogen-bond acceptors (Lipinski definition) is 31. The van der Waals surface area contributed by atoms with E-state index in [1.807, 2.05) is 0 Å². The minimum absolute atomic E-state index is 0.289. The number of nitrogens with two attached hydrogens (primary N) is 3. The summed E-state index contributed by atoms with van der Waals surface area (Å²) in [5.74, 6) is 0. The molecule has 0 aromatic carbocycles. The third-order valence-electron chi connectivity index (χ3n) is 13.0. The molecule has 74 heavy (non-hydrogen) atoms. The topological polar surface area (TPSA) is 521 Å². The van der Waals surface area contributed by atoms with E-state index in [1.54, 1.807) is 0 Å². The van der Waals surface area contributed by atoms with Gasteiger partial charge < -0.3 is 110 Å². The van der Waals surface area contributed by atoms with Gasteiger partial charge in [-0.15, -0.1) is 0 Å². The molecule has 10 unspecified atom stereocenters. The van der Waals surface area contributed by atoms with E-state index in [2.05, 4.69) is 12.5 Å². The Morgan fingerprint density at radius 2 is 0.716 bits per heavy atom. The van der Waals surface area contributed by atoms with Crippen LogP contribution in [0.25, 0.3) is 0 Å². The Balaban J connectivity index is 1.08. The van der Waals surface area contributed by atoms with E-state index in [1.165, 1.54) is 27.9 Å². The first-order valence-corrected chi connectivity index (χ1v) is 27.1. The van der Waals surface area contributed by atoms with Crippen LogP contribution in [-0.2, 0) is 101 Å². The summed E-state index contributed by atoms with van der Waals surface area (Å²) in [5, 5.41) is 76.8. The average molecular weight is 1150 g/mol. The molecule has 27 atom stereocenters. The van der Waals surface area contributed by atoms with Gasteiger partial charge in [-0.3, -0.25) is 13.7 Å². The van der Waals surface area contributed by atoms with Gasteiger partial charge in [0.25, 0.3) is 0 Å². The number of aliphatic hydroxyl groups excluding tert-OH is 7. The molecule has 0 spiro atoms. The zero-order valence-electron chi connectivity index (χ0n) is 39.8. The van der Waals surface area contributed by atoms with Crippen molar-refractivity contribution in [2.45, 2.75) is 206 Å². The van der Waals surface area contributed by atoms with Gasteiger partial charge in [-0.2, -0.15) is 25.3 Å². The minimum Gasteiger partial charge on any atom is -0.390 e. The SMILES string of the molecule is CO[C@@H]1OC(COS(=O)(=O)O)[C@@H](O[C@H]2C[C@H](O)[C@@H](O[C@@H]3OC(COS(=O)(=O)O)[C@@H](O[C@H]4C[C@H](O)C(O[C@@H]5OC(COS(=O)(=O)O)[C@@H](O[C@H]6C[C@H](O)[C@H](O)C(C)O6)[C@H](O)C5N)C(C)O4)[C@H](O)C3N)C(C)O2)[C@H](O)C1N. The molecule has 0 aromatic heterocycles. The van der Waals surface area contributed by atoms with Gasteiger partial charge in [0.1, 0.15) is 73.2 Å². The molecule has 0 amide bonds. The number of ether oxygens (including phenoxy) is 12. The standard InChI is InChI=1S/C37H67N3O31S3/c1-11-26(44)14(41)5-20(61-11)67-33-18(9-59-73(51,52)53)65-36(24(39)28(33)46)70-31-13(3)63-22(7-16(31)43)69-34-19(10-60-74(54,55)56)66-37(25(40)29(34)47)71-30-12(2)62-21(6-15(30)42)68-32-17(8-58-72(48,49)50)64-35(57-4)23(38)27(32)45/h11-37,41-47H,5-10,38-40H2,1-4H3,(H,48,49,50)(H,51,52,53)(H,54,55,56)/t11?,12?,13?,14-,15-,16-,17?,18?,19?,20-,21-,22-,23?,24?,25?,26+,27+,28+,29+,30-,31?,32+,33+,34+,35+,36-,37-/m0/s1. The first-order valence-electron chi connectivity index (χ1n) is 23.0. The van der Waals surface area contributed by atoms with Crippen molar-refractivity contribution in [2.24, 2.45) is 17.2 Å². The van der Waals surface area contributed by atoms with E-state index in [4.69, 9.17) is 78.6 Å². The van der Waals surface area contributed by atoms with Crippen LogP contribution in [0.15, 0.2) is 0 Å². The maximum absolute atomic E-state index is 11.7. The number of hydrogen-bond donors (Lipinski definition) is 13. The van der Waals surface area contributed by atoms with Crippen molar-refractivity contribution in [3.63, 3.8) is 0 Å².